The number of sulfonamides is 1. The van der Waals surface area contributed by atoms with Gasteiger partial charge in [0.05, 0.1) is 4.90 Å². The maximum absolute atomic E-state index is 12.9. The summed E-state index contributed by atoms with van der Waals surface area (Å²) in [5.41, 5.74) is 6.39. The molecule has 0 spiro atoms. The molecule has 0 radical (unpaired) electrons. The zero-order valence-corrected chi connectivity index (χ0v) is 16.0. The van der Waals surface area contributed by atoms with E-state index in [1.807, 2.05) is 0 Å². The zero-order valence-electron chi connectivity index (χ0n) is 14.4. The van der Waals surface area contributed by atoms with Gasteiger partial charge in [-0.25, -0.2) is 17.5 Å². The van der Waals surface area contributed by atoms with Gasteiger partial charge in [0.25, 0.3) is 5.91 Å². The third-order valence-corrected chi connectivity index (χ3v) is 5.79. The summed E-state index contributed by atoms with van der Waals surface area (Å²) in [7, 11) is -3.66. The lowest BCUT2D eigenvalue weighted by atomic mass is 10.2. The number of benzene rings is 2. The predicted octanol–water partition coefficient (Wildman–Crippen LogP) is 2.52. The lowest BCUT2D eigenvalue weighted by Crippen LogP contribution is -2.41. The first-order valence-corrected chi connectivity index (χ1v) is 9.77. The van der Waals surface area contributed by atoms with E-state index in [4.69, 9.17) is 5.73 Å². The summed E-state index contributed by atoms with van der Waals surface area (Å²) in [5.74, 6) is -0.523. The van der Waals surface area contributed by atoms with Crippen molar-refractivity contribution in [2.45, 2.75) is 23.8 Å². The molecule has 1 atom stereocenters. The SMILES string of the molecule is Cl.NCC(NS(=O)(=O)c1ccc(NC(=O)c2ccc(F)cc2)cc1)C1CC1. The van der Waals surface area contributed by atoms with Gasteiger partial charge in [-0.2, -0.15) is 0 Å². The Bertz CT molecular complexity index is 885. The number of anilines is 1. The highest BCUT2D eigenvalue weighted by Gasteiger charge is 2.33. The van der Waals surface area contributed by atoms with Gasteiger partial charge in [-0.3, -0.25) is 4.79 Å². The molecule has 0 aromatic heterocycles. The van der Waals surface area contributed by atoms with Gasteiger partial charge in [0.15, 0.2) is 0 Å². The second kappa shape index (κ2) is 8.79. The molecule has 0 heterocycles. The lowest BCUT2D eigenvalue weighted by molar-refractivity contribution is 0.102. The van der Waals surface area contributed by atoms with Crippen LogP contribution in [-0.4, -0.2) is 26.9 Å². The molecule has 0 saturated heterocycles. The van der Waals surface area contributed by atoms with E-state index in [-0.39, 0.29) is 29.9 Å². The summed E-state index contributed by atoms with van der Waals surface area (Å²) >= 11 is 0. The molecule has 2 aromatic carbocycles. The summed E-state index contributed by atoms with van der Waals surface area (Å²) in [5, 5.41) is 2.64. The monoisotopic (exact) mass is 413 g/mol. The fourth-order valence-corrected chi connectivity index (χ4v) is 3.94. The van der Waals surface area contributed by atoms with Crippen LogP contribution in [-0.2, 0) is 10.0 Å². The first-order valence-electron chi connectivity index (χ1n) is 8.28. The molecule has 2 aromatic rings. The van der Waals surface area contributed by atoms with Crippen molar-refractivity contribution in [3.63, 3.8) is 0 Å². The Morgan fingerprint density at radius 1 is 1.11 bits per heavy atom. The molecule has 27 heavy (non-hydrogen) atoms. The summed E-state index contributed by atoms with van der Waals surface area (Å²) in [6.45, 7) is 0.260. The normalized spacial score (nSPS) is 14.9. The van der Waals surface area contributed by atoms with Crippen LogP contribution in [0.25, 0.3) is 0 Å². The highest BCUT2D eigenvalue weighted by Crippen LogP contribution is 2.33. The van der Waals surface area contributed by atoms with Gasteiger partial charge in [-0.15, -0.1) is 12.4 Å². The number of rotatable bonds is 7. The Balaban J connectivity index is 0.00000261. The highest BCUT2D eigenvalue weighted by atomic mass is 35.5. The van der Waals surface area contributed by atoms with Gasteiger partial charge in [0.2, 0.25) is 10.0 Å². The highest BCUT2D eigenvalue weighted by molar-refractivity contribution is 7.89. The number of nitrogens with two attached hydrogens (primary N) is 1. The fourth-order valence-electron chi connectivity index (χ4n) is 2.62. The summed E-state index contributed by atoms with van der Waals surface area (Å²) in [4.78, 5) is 12.2. The van der Waals surface area contributed by atoms with Crippen molar-refractivity contribution in [3.8, 4) is 0 Å². The van der Waals surface area contributed by atoms with E-state index in [0.717, 1.165) is 12.8 Å². The third-order valence-electron chi connectivity index (χ3n) is 4.28. The van der Waals surface area contributed by atoms with Crippen molar-refractivity contribution < 1.29 is 17.6 Å². The van der Waals surface area contributed by atoms with E-state index in [0.29, 0.717) is 17.2 Å². The second-order valence-electron chi connectivity index (χ2n) is 6.29. The Hall–Kier alpha value is -2.00. The summed E-state index contributed by atoms with van der Waals surface area (Å²) in [6, 6.07) is 10.7. The molecule has 3 rings (SSSR count). The van der Waals surface area contributed by atoms with Gasteiger partial charge in [-0.05, 0) is 67.3 Å². The average Bonchev–Trinajstić information content (AvgIpc) is 3.46. The standard InChI is InChI=1S/C18H20FN3O3S.ClH/c19-14-5-3-13(4-6-14)18(23)21-15-7-9-16(10-8-15)26(24,25)22-17(11-20)12-1-2-12;/h3-10,12,17,22H,1-2,11,20H2,(H,21,23);1H. The Labute approximate surface area is 163 Å². The molecule has 1 fully saturated rings. The summed E-state index contributed by atoms with van der Waals surface area (Å²) in [6.07, 6.45) is 1.97. The van der Waals surface area contributed by atoms with E-state index in [1.54, 1.807) is 0 Å². The maximum Gasteiger partial charge on any atom is 0.255 e. The summed E-state index contributed by atoms with van der Waals surface area (Å²) < 4.78 is 40.4. The molecule has 9 heteroatoms. The first kappa shape index (κ1) is 21.3. The quantitative estimate of drug-likeness (QED) is 0.649. The molecule has 0 aliphatic heterocycles. The number of hydrogen-bond donors (Lipinski definition) is 3. The fraction of sp³-hybridized carbons (Fsp3) is 0.278. The molecule has 146 valence electrons. The van der Waals surface area contributed by atoms with Crippen LogP contribution in [0.5, 0.6) is 0 Å². The van der Waals surface area contributed by atoms with Gasteiger partial charge < -0.3 is 11.1 Å². The molecule has 1 aliphatic rings. The topological polar surface area (TPSA) is 101 Å². The smallest absolute Gasteiger partial charge is 0.255 e. The van der Waals surface area contributed by atoms with Crippen LogP contribution < -0.4 is 15.8 Å². The minimum absolute atomic E-state index is 0. The van der Waals surface area contributed by atoms with E-state index in [2.05, 4.69) is 10.0 Å². The van der Waals surface area contributed by atoms with E-state index in [1.165, 1.54) is 48.5 Å². The predicted molar refractivity (Wildman–Crippen MR) is 104 cm³/mol. The van der Waals surface area contributed by atoms with E-state index >= 15 is 0 Å². The number of hydrogen-bond acceptors (Lipinski definition) is 4. The minimum Gasteiger partial charge on any atom is -0.329 e. The molecule has 1 aliphatic carbocycles. The second-order valence-corrected chi connectivity index (χ2v) is 8.00. The van der Waals surface area contributed by atoms with Crippen molar-refractivity contribution in [3.05, 3.63) is 59.9 Å². The van der Waals surface area contributed by atoms with Crippen molar-refractivity contribution in [2.75, 3.05) is 11.9 Å². The Morgan fingerprint density at radius 2 is 1.70 bits per heavy atom. The molecule has 1 saturated carbocycles. The van der Waals surface area contributed by atoms with Crippen LogP contribution in [0, 0.1) is 11.7 Å². The molecular formula is C18H21ClFN3O3S. The molecule has 6 nitrogen and oxygen atoms in total. The number of carbonyl (C=O) groups is 1. The van der Waals surface area contributed by atoms with Crippen LogP contribution in [0.15, 0.2) is 53.4 Å². The number of nitrogens with one attached hydrogen (secondary N) is 2. The van der Waals surface area contributed by atoms with Crippen LogP contribution in [0.2, 0.25) is 0 Å². The third kappa shape index (κ3) is 5.49. The van der Waals surface area contributed by atoms with Crippen molar-refractivity contribution in [2.24, 2.45) is 11.7 Å². The Kier molecular flexibility index (Phi) is 6.94. The van der Waals surface area contributed by atoms with Crippen molar-refractivity contribution >= 4 is 34.0 Å². The maximum atomic E-state index is 12.9. The molecule has 0 bridgehead atoms. The van der Waals surface area contributed by atoms with Crippen LogP contribution in [0.1, 0.15) is 23.2 Å². The molecular weight excluding hydrogens is 393 g/mol. The van der Waals surface area contributed by atoms with Crippen LogP contribution in [0.4, 0.5) is 10.1 Å². The van der Waals surface area contributed by atoms with E-state index in [9.17, 15) is 17.6 Å². The average molecular weight is 414 g/mol. The zero-order chi connectivity index (χ0) is 18.7. The lowest BCUT2D eigenvalue weighted by Gasteiger charge is -2.16. The van der Waals surface area contributed by atoms with Gasteiger partial charge in [-0.1, -0.05) is 0 Å². The van der Waals surface area contributed by atoms with E-state index < -0.39 is 21.7 Å². The van der Waals surface area contributed by atoms with Gasteiger partial charge in [0, 0.05) is 23.8 Å². The first-order chi connectivity index (χ1) is 12.4. The van der Waals surface area contributed by atoms with Gasteiger partial charge >= 0.3 is 0 Å². The Morgan fingerprint density at radius 3 is 2.22 bits per heavy atom. The van der Waals surface area contributed by atoms with Crippen molar-refractivity contribution in [1.82, 2.24) is 4.72 Å². The molecule has 1 amide bonds. The minimum atomic E-state index is -3.66. The number of halogens is 2. The largest absolute Gasteiger partial charge is 0.329 e. The van der Waals surface area contributed by atoms with Crippen molar-refractivity contribution in [1.29, 1.82) is 0 Å². The van der Waals surface area contributed by atoms with Crippen LogP contribution >= 0.6 is 12.4 Å². The van der Waals surface area contributed by atoms with Gasteiger partial charge in [0.1, 0.15) is 5.82 Å². The van der Waals surface area contributed by atoms with Crippen LogP contribution in [0.3, 0.4) is 0 Å². The molecule has 1 unspecified atom stereocenters. The number of amides is 1. The number of carbonyl (C=O) groups excluding carboxylic acids is 1. The molecule has 4 N–H and O–H groups in total.